The normalized spacial score (nSPS) is 18.9. The van der Waals surface area contributed by atoms with E-state index in [-0.39, 0.29) is 5.91 Å². The van der Waals surface area contributed by atoms with Crippen LogP contribution in [0.4, 0.5) is 0 Å². The zero-order chi connectivity index (χ0) is 14.5. The summed E-state index contributed by atoms with van der Waals surface area (Å²) in [7, 11) is 1.68. The minimum absolute atomic E-state index is 0.0954. The van der Waals surface area contributed by atoms with E-state index >= 15 is 0 Å². The third-order valence-corrected chi connectivity index (χ3v) is 5.15. The summed E-state index contributed by atoms with van der Waals surface area (Å²) < 4.78 is 0.842. The molecule has 0 aliphatic carbocycles. The third kappa shape index (κ3) is 4.45. The summed E-state index contributed by atoms with van der Waals surface area (Å²) in [5, 5.41) is 6.33. The van der Waals surface area contributed by atoms with Crippen LogP contribution < -0.4 is 10.6 Å². The van der Waals surface area contributed by atoms with E-state index in [1.54, 1.807) is 18.4 Å². The molecule has 2 N–H and O–H groups in total. The molecule has 112 valence electrons. The van der Waals surface area contributed by atoms with Crippen LogP contribution in [-0.4, -0.2) is 43.5 Å². The van der Waals surface area contributed by atoms with E-state index in [0.717, 1.165) is 30.3 Å². The number of nitrogens with zero attached hydrogens (tertiary/aromatic N) is 1. The Morgan fingerprint density at radius 1 is 1.50 bits per heavy atom. The minimum atomic E-state index is 0.0954. The zero-order valence-corrected chi connectivity index (χ0v) is 13.6. The summed E-state index contributed by atoms with van der Waals surface area (Å²) in [5.41, 5.74) is 0. The lowest BCUT2D eigenvalue weighted by Gasteiger charge is -2.33. The van der Waals surface area contributed by atoms with Crippen molar-refractivity contribution in [2.45, 2.75) is 31.8 Å². The molecule has 1 unspecified atom stereocenters. The predicted octanol–water partition coefficient (Wildman–Crippen LogP) is 2.26. The van der Waals surface area contributed by atoms with Crippen LogP contribution in [0.1, 0.15) is 30.7 Å². The Bertz CT molecular complexity index is 443. The Labute approximate surface area is 129 Å². The molecule has 2 heterocycles. The van der Waals surface area contributed by atoms with Gasteiger partial charge in [-0.3, -0.25) is 9.69 Å². The molecule has 2 rings (SSSR count). The standard InChI is InChI=1S/C14H22ClN3OS/c1-10(12-3-4-13(15)20-12)17-11-5-7-18(8-6-11)9-14(19)16-2/h3-4,10-11,17H,5-9H2,1-2H3,(H,16,19). The van der Waals surface area contributed by atoms with Gasteiger partial charge in [0.2, 0.25) is 5.91 Å². The van der Waals surface area contributed by atoms with Crippen molar-refractivity contribution in [3.8, 4) is 0 Å². The molecule has 0 radical (unpaired) electrons. The maximum Gasteiger partial charge on any atom is 0.233 e. The maximum atomic E-state index is 11.3. The summed E-state index contributed by atoms with van der Waals surface area (Å²) in [6, 6.07) is 4.90. The number of amides is 1. The highest BCUT2D eigenvalue weighted by atomic mass is 35.5. The molecule has 1 saturated heterocycles. The number of hydrogen-bond donors (Lipinski definition) is 2. The average molecular weight is 316 g/mol. The van der Waals surface area contributed by atoms with Gasteiger partial charge in [-0.1, -0.05) is 11.6 Å². The van der Waals surface area contributed by atoms with Crippen molar-refractivity contribution in [3.05, 3.63) is 21.3 Å². The van der Waals surface area contributed by atoms with Crippen LogP contribution >= 0.6 is 22.9 Å². The van der Waals surface area contributed by atoms with E-state index in [1.165, 1.54) is 4.88 Å². The van der Waals surface area contributed by atoms with E-state index in [0.29, 0.717) is 18.6 Å². The average Bonchev–Trinajstić information content (AvgIpc) is 2.87. The Morgan fingerprint density at radius 3 is 2.75 bits per heavy atom. The molecule has 1 aromatic heterocycles. The van der Waals surface area contributed by atoms with E-state index in [4.69, 9.17) is 11.6 Å². The van der Waals surface area contributed by atoms with Crippen molar-refractivity contribution in [1.82, 2.24) is 15.5 Å². The molecular weight excluding hydrogens is 294 g/mol. The van der Waals surface area contributed by atoms with Crippen LogP contribution in [0.3, 0.4) is 0 Å². The number of likely N-dealkylation sites (N-methyl/N-ethyl adjacent to an activating group) is 1. The Hall–Kier alpha value is -0.620. The fourth-order valence-electron chi connectivity index (χ4n) is 2.54. The first-order chi connectivity index (χ1) is 9.58. The Balaban J connectivity index is 1.75. The molecule has 1 aliphatic heterocycles. The van der Waals surface area contributed by atoms with Gasteiger partial charge in [-0.05, 0) is 31.9 Å². The van der Waals surface area contributed by atoms with Gasteiger partial charge in [-0.25, -0.2) is 0 Å². The number of carbonyl (C=O) groups excluding carboxylic acids is 1. The number of halogens is 1. The highest BCUT2D eigenvalue weighted by Gasteiger charge is 2.22. The first-order valence-electron chi connectivity index (χ1n) is 7.02. The van der Waals surface area contributed by atoms with E-state index in [1.807, 2.05) is 6.07 Å². The number of rotatable bonds is 5. The van der Waals surface area contributed by atoms with E-state index < -0.39 is 0 Å². The SMILES string of the molecule is CNC(=O)CN1CCC(NC(C)c2ccc(Cl)s2)CC1. The van der Waals surface area contributed by atoms with Gasteiger partial charge < -0.3 is 10.6 Å². The van der Waals surface area contributed by atoms with Gasteiger partial charge in [0.25, 0.3) is 0 Å². The number of hydrogen-bond acceptors (Lipinski definition) is 4. The third-order valence-electron chi connectivity index (χ3n) is 3.74. The lowest BCUT2D eigenvalue weighted by atomic mass is 10.0. The van der Waals surface area contributed by atoms with Crippen molar-refractivity contribution >= 4 is 28.8 Å². The molecule has 1 atom stereocenters. The summed E-state index contributed by atoms with van der Waals surface area (Å²) >= 11 is 7.61. The van der Waals surface area contributed by atoms with Crippen molar-refractivity contribution < 1.29 is 4.79 Å². The van der Waals surface area contributed by atoms with Crippen LogP contribution in [0.5, 0.6) is 0 Å². The molecule has 0 bridgehead atoms. The van der Waals surface area contributed by atoms with Crippen LogP contribution in [0.25, 0.3) is 0 Å². The number of thiophene rings is 1. The lowest BCUT2D eigenvalue weighted by molar-refractivity contribution is -0.122. The predicted molar refractivity (Wildman–Crippen MR) is 84.4 cm³/mol. The molecule has 4 nitrogen and oxygen atoms in total. The smallest absolute Gasteiger partial charge is 0.233 e. The van der Waals surface area contributed by atoms with Gasteiger partial charge in [0.15, 0.2) is 0 Å². The number of carbonyl (C=O) groups is 1. The van der Waals surface area contributed by atoms with Crippen molar-refractivity contribution in [1.29, 1.82) is 0 Å². The van der Waals surface area contributed by atoms with Gasteiger partial charge in [-0.2, -0.15) is 0 Å². The van der Waals surface area contributed by atoms with E-state index in [9.17, 15) is 4.79 Å². The summed E-state index contributed by atoms with van der Waals surface area (Å²) in [5.74, 6) is 0.0954. The number of piperidine rings is 1. The number of likely N-dealkylation sites (tertiary alicyclic amines) is 1. The molecule has 1 aromatic rings. The molecular formula is C14H22ClN3OS. The first kappa shape index (κ1) is 15.8. The first-order valence-corrected chi connectivity index (χ1v) is 8.22. The Kier molecular flexibility index (Phi) is 5.84. The minimum Gasteiger partial charge on any atom is -0.358 e. The Morgan fingerprint density at radius 2 is 2.20 bits per heavy atom. The molecule has 6 heteroatoms. The highest BCUT2D eigenvalue weighted by Crippen LogP contribution is 2.27. The fourth-order valence-corrected chi connectivity index (χ4v) is 3.61. The summed E-state index contributed by atoms with van der Waals surface area (Å²) in [6.45, 7) is 4.64. The second kappa shape index (κ2) is 7.41. The second-order valence-corrected chi connectivity index (χ2v) is 7.00. The van der Waals surface area contributed by atoms with Crippen LogP contribution in [0.15, 0.2) is 12.1 Å². The molecule has 1 aliphatic rings. The summed E-state index contributed by atoms with van der Waals surface area (Å²) in [6.07, 6.45) is 2.17. The van der Waals surface area contributed by atoms with Gasteiger partial charge in [0, 0.05) is 37.1 Å². The van der Waals surface area contributed by atoms with Gasteiger partial charge in [-0.15, -0.1) is 11.3 Å². The van der Waals surface area contributed by atoms with Crippen molar-refractivity contribution in [2.24, 2.45) is 0 Å². The zero-order valence-electron chi connectivity index (χ0n) is 12.0. The van der Waals surface area contributed by atoms with Crippen LogP contribution in [0.2, 0.25) is 4.34 Å². The quantitative estimate of drug-likeness (QED) is 0.876. The molecule has 0 spiro atoms. The van der Waals surface area contributed by atoms with E-state index in [2.05, 4.69) is 28.5 Å². The lowest BCUT2D eigenvalue weighted by Crippen LogP contribution is -2.46. The second-order valence-electron chi connectivity index (χ2n) is 5.25. The highest BCUT2D eigenvalue weighted by molar-refractivity contribution is 7.16. The van der Waals surface area contributed by atoms with Crippen molar-refractivity contribution in [2.75, 3.05) is 26.7 Å². The largest absolute Gasteiger partial charge is 0.358 e. The summed E-state index contributed by atoms with van der Waals surface area (Å²) in [4.78, 5) is 14.8. The molecule has 1 fully saturated rings. The molecule has 1 amide bonds. The monoisotopic (exact) mass is 315 g/mol. The topological polar surface area (TPSA) is 44.4 Å². The number of nitrogens with one attached hydrogen (secondary N) is 2. The van der Waals surface area contributed by atoms with Crippen molar-refractivity contribution in [3.63, 3.8) is 0 Å². The van der Waals surface area contributed by atoms with Gasteiger partial charge >= 0.3 is 0 Å². The molecule has 20 heavy (non-hydrogen) atoms. The fraction of sp³-hybridized carbons (Fsp3) is 0.643. The maximum absolute atomic E-state index is 11.3. The van der Waals surface area contributed by atoms with Crippen LogP contribution in [-0.2, 0) is 4.79 Å². The molecule has 0 aromatic carbocycles. The van der Waals surface area contributed by atoms with Crippen LogP contribution in [0, 0.1) is 0 Å². The van der Waals surface area contributed by atoms with Gasteiger partial charge in [0.05, 0.1) is 10.9 Å². The molecule has 0 saturated carbocycles. The van der Waals surface area contributed by atoms with Gasteiger partial charge in [0.1, 0.15) is 0 Å².